The molecule has 0 N–H and O–H groups in total. The summed E-state index contributed by atoms with van der Waals surface area (Å²) < 4.78 is 2.33. The molecule has 1 fully saturated rings. The molecule has 2 heteroatoms. The maximum Gasteiger partial charge on any atom is 0.220 e. The largest absolute Gasteiger partial charge is 0.220 e. The van der Waals surface area contributed by atoms with Crippen molar-refractivity contribution in [3.05, 3.63) is 59.8 Å². The van der Waals surface area contributed by atoms with Crippen molar-refractivity contribution in [1.82, 2.24) is 0 Å². The van der Waals surface area contributed by atoms with Crippen LogP contribution in [0.25, 0.3) is 22.0 Å². The number of rotatable bonds is 6. The second kappa shape index (κ2) is 9.37. The zero-order chi connectivity index (χ0) is 23.9. The first-order valence-corrected chi connectivity index (χ1v) is 15.4. The number of fused-ring (bicyclic) bond motifs is 1. The van der Waals surface area contributed by atoms with E-state index in [0.29, 0.717) is 0 Å². The number of aryl methyl sites for hydroxylation is 2. The molecule has 4 rings (SSSR count). The fraction of sp³-hybridized carbons (Fsp3) is 0.516. The Labute approximate surface area is 203 Å². The van der Waals surface area contributed by atoms with Crippen LogP contribution in [0.2, 0.25) is 16.6 Å². The molecule has 0 saturated heterocycles. The third kappa shape index (κ3) is 4.09. The highest BCUT2D eigenvalue weighted by Gasteiger charge is 2.44. The highest BCUT2D eigenvalue weighted by Crippen LogP contribution is 2.42. The van der Waals surface area contributed by atoms with E-state index in [1.54, 1.807) is 5.19 Å². The molecule has 3 aromatic rings. The lowest BCUT2D eigenvalue weighted by Gasteiger charge is -2.43. The lowest BCUT2D eigenvalue weighted by Crippen LogP contribution is -2.55. The van der Waals surface area contributed by atoms with E-state index in [0.717, 1.165) is 22.5 Å². The summed E-state index contributed by atoms with van der Waals surface area (Å²) in [4.78, 5) is 0. The molecule has 0 aliphatic heterocycles. The van der Waals surface area contributed by atoms with Crippen LogP contribution in [0.3, 0.4) is 0 Å². The van der Waals surface area contributed by atoms with Crippen molar-refractivity contribution in [3.63, 3.8) is 0 Å². The van der Waals surface area contributed by atoms with Gasteiger partial charge in [0.15, 0.2) is 6.20 Å². The predicted octanol–water partition coefficient (Wildman–Crippen LogP) is 8.18. The van der Waals surface area contributed by atoms with Crippen LogP contribution < -0.4 is 9.75 Å². The van der Waals surface area contributed by atoms with E-state index >= 15 is 0 Å². The summed E-state index contributed by atoms with van der Waals surface area (Å²) in [6.07, 6.45) is 7.73. The molecule has 1 aliphatic carbocycles. The monoisotopic (exact) mass is 458 g/mol. The molecule has 0 bridgehead atoms. The van der Waals surface area contributed by atoms with Crippen molar-refractivity contribution < 1.29 is 4.57 Å². The normalized spacial score (nSPS) is 15.5. The molecular formula is C31H44NSi+. The predicted molar refractivity (Wildman–Crippen MR) is 147 cm³/mol. The number of aromatic nitrogens is 1. The van der Waals surface area contributed by atoms with Gasteiger partial charge in [-0.25, -0.2) is 4.57 Å². The van der Waals surface area contributed by atoms with Crippen molar-refractivity contribution in [3.8, 4) is 11.3 Å². The van der Waals surface area contributed by atoms with Crippen LogP contribution in [0.15, 0.2) is 48.7 Å². The smallest absolute Gasteiger partial charge is 0.200 e. The van der Waals surface area contributed by atoms with Gasteiger partial charge in [0.1, 0.15) is 7.05 Å². The molecule has 1 nitrogen and oxygen atoms in total. The first kappa shape index (κ1) is 24.2. The Morgan fingerprint density at radius 2 is 1.45 bits per heavy atom. The molecule has 33 heavy (non-hydrogen) atoms. The molecule has 1 heterocycles. The van der Waals surface area contributed by atoms with Crippen LogP contribution in [0.4, 0.5) is 0 Å². The number of nitrogens with zero attached hydrogens (tertiary/aromatic N) is 1. The van der Waals surface area contributed by atoms with E-state index in [-0.39, 0.29) is 0 Å². The van der Waals surface area contributed by atoms with Gasteiger partial charge in [0.05, 0.1) is 13.5 Å². The highest BCUT2D eigenvalue weighted by molar-refractivity contribution is 6.95. The van der Waals surface area contributed by atoms with Crippen LogP contribution in [-0.2, 0) is 7.05 Å². The van der Waals surface area contributed by atoms with Crippen LogP contribution >= 0.6 is 0 Å². The van der Waals surface area contributed by atoms with E-state index in [4.69, 9.17) is 0 Å². The Bertz CT molecular complexity index is 1110. The minimum absolute atomic E-state index is 0.722. The van der Waals surface area contributed by atoms with E-state index in [9.17, 15) is 0 Å². The van der Waals surface area contributed by atoms with Crippen LogP contribution in [0.1, 0.15) is 84.3 Å². The quantitative estimate of drug-likeness (QED) is 0.259. The first-order valence-electron chi connectivity index (χ1n) is 13.2. The average molecular weight is 459 g/mol. The molecule has 1 aromatic heterocycles. The summed E-state index contributed by atoms with van der Waals surface area (Å²) in [5, 5.41) is 4.41. The maximum atomic E-state index is 2.56. The minimum Gasteiger partial charge on any atom is -0.200 e. The standard InChI is InChI=1S/C31H44NSi/c1-21(2)33(22(3)4,23(5)6)28-15-16-29-27(19-28)17-18-32(8)31(29)30-20-26(14-13-24(30)7)25-11-9-10-12-25/h13-23,25H,9-12H2,1-8H3/q+1. The molecule has 176 valence electrons. The summed E-state index contributed by atoms with van der Waals surface area (Å²) in [6.45, 7) is 17.1. The zero-order valence-electron chi connectivity index (χ0n) is 22.2. The van der Waals surface area contributed by atoms with Crippen molar-refractivity contribution in [2.75, 3.05) is 0 Å². The summed E-state index contributed by atoms with van der Waals surface area (Å²) in [6, 6.07) is 17.1. The molecule has 2 aromatic carbocycles. The lowest BCUT2D eigenvalue weighted by atomic mass is 9.91. The average Bonchev–Trinajstić information content (AvgIpc) is 3.29. The van der Waals surface area contributed by atoms with E-state index in [1.165, 1.54) is 58.8 Å². The van der Waals surface area contributed by atoms with Crippen molar-refractivity contribution >= 4 is 24.0 Å². The third-order valence-electron chi connectivity index (χ3n) is 8.85. The fourth-order valence-corrected chi connectivity index (χ4v) is 14.2. The summed E-state index contributed by atoms with van der Waals surface area (Å²) in [7, 11) is 0.532. The zero-order valence-corrected chi connectivity index (χ0v) is 23.2. The lowest BCUT2D eigenvalue weighted by molar-refractivity contribution is -0.659. The molecule has 0 radical (unpaired) electrons. The van der Waals surface area contributed by atoms with Gasteiger partial charge in [0.25, 0.3) is 0 Å². The molecule has 1 saturated carbocycles. The van der Waals surface area contributed by atoms with Crippen molar-refractivity contribution in [2.45, 2.75) is 96.7 Å². The maximum absolute atomic E-state index is 2.56. The van der Waals surface area contributed by atoms with Crippen LogP contribution in [-0.4, -0.2) is 8.07 Å². The van der Waals surface area contributed by atoms with Gasteiger partial charge >= 0.3 is 0 Å². The number of hydrogen-bond acceptors (Lipinski definition) is 0. The molecule has 0 spiro atoms. The van der Waals surface area contributed by atoms with E-state index in [1.807, 2.05) is 0 Å². The molecule has 0 atom stereocenters. The second-order valence-electron chi connectivity index (χ2n) is 11.5. The Balaban J connectivity index is 1.91. The Morgan fingerprint density at radius 3 is 2.06 bits per heavy atom. The Morgan fingerprint density at radius 1 is 0.818 bits per heavy atom. The van der Waals surface area contributed by atoms with Crippen molar-refractivity contribution in [1.29, 1.82) is 0 Å². The highest BCUT2D eigenvalue weighted by atomic mass is 28.3. The molecule has 1 aliphatic rings. The van der Waals surface area contributed by atoms with Gasteiger partial charge in [-0.15, -0.1) is 0 Å². The minimum atomic E-state index is -1.68. The topological polar surface area (TPSA) is 3.88 Å². The van der Waals surface area contributed by atoms with E-state index in [2.05, 4.69) is 109 Å². The second-order valence-corrected chi connectivity index (χ2v) is 17.4. The number of benzene rings is 2. The number of pyridine rings is 1. The van der Waals surface area contributed by atoms with Gasteiger partial charge in [-0.3, -0.25) is 0 Å². The molecule has 0 unspecified atom stereocenters. The van der Waals surface area contributed by atoms with Gasteiger partial charge in [0, 0.05) is 11.6 Å². The van der Waals surface area contributed by atoms with Crippen LogP contribution in [0.5, 0.6) is 0 Å². The van der Waals surface area contributed by atoms with Gasteiger partial charge in [-0.2, -0.15) is 0 Å². The van der Waals surface area contributed by atoms with Crippen LogP contribution in [0, 0.1) is 6.92 Å². The van der Waals surface area contributed by atoms with Gasteiger partial charge in [0.2, 0.25) is 5.69 Å². The van der Waals surface area contributed by atoms with Gasteiger partial charge in [-0.1, -0.05) is 83.8 Å². The van der Waals surface area contributed by atoms with E-state index < -0.39 is 8.07 Å². The van der Waals surface area contributed by atoms with Crippen molar-refractivity contribution in [2.24, 2.45) is 7.05 Å². The first-order chi connectivity index (χ1) is 15.7. The summed E-state index contributed by atoms with van der Waals surface area (Å²) >= 11 is 0. The Kier molecular flexibility index (Phi) is 6.87. The van der Waals surface area contributed by atoms with Gasteiger partial charge < -0.3 is 0 Å². The Hall–Kier alpha value is -1.93. The number of hydrogen-bond donors (Lipinski definition) is 0. The fourth-order valence-electron chi connectivity index (χ4n) is 7.39. The summed E-state index contributed by atoms with van der Waals surface area (Å²) in [5.74, 6) is 0.742. The third-order valence-corrected chi connectivity index (χ3v) is 15.9. The SMILES string of the molecule is Cc1ccc(C2CCCC2)cc1-c1c2ccc([Si](C(C)C)(C(C)C)C(C)C)cc2cc[n+]1C. The molecular weight excluding hydrogens is 414 g/mol. The molecule has 0 amide bonds. The summed E-state index contributed by atoms with van der Waals surface area (Å²) in [5.41, 5.74) is 7.84. The van der Waals surface area contributed by atoms with Gasteiger partial charge in [-0.05, 0) is 71.0 Å².